The molecule has 2 aromatic carbocycles. The maximum Gasteiger partial charge on any atom is 0.350 e. The average molecular weight is 315 g/mol. The molecule has 0 spiro atoms. The van der Waals surface area contributed by atoms with Gasteiger partial charge in [-0.2, -0.15) is 0 Å². The molecule has 106 valence electrons. The monoisotopic (exact) mass is 315 g/mol. The molecule has 3 rings (SSSR count). The first-order valence-electron chi connectivity index (χ1n) is 6.35. The zero-order valence-electron chi connectivity index (χ0n) is 11.3. The van der Waals surface area contributed by atoms with Crippen molar-refractivity contribution in [2.24, 2.45) is 0 Å². The van der Waals surface area contributed by atoms with Gasteiger partial charge in [0.15, 0.2) is 0 Å². The van der Waals surface area contributed by atoms with Crippen LogP contribution in [0.25, 0.3) is 10.8 Å². The lowest BCUT2D eigenvalue weighted by Gasteiger charge is -2.06. The fraction of sp³-hybridized carbons (Fsp3) is 0.0625. The van der Waals surface area contributed by atoms with Crippen LogP contribution in [0.15, 0.2) is 58.8 Å². The van der Waals surface area contributed by atoms with E-state index >= 15 is 0 Å². The van der Waals surface area contributed by atoms with Gasteiger partial charge in [0, 0.05) is 4.90 Å². The third kappa shape index (κ3) is 3.04. The number of ether oxygens (including phenoxy) is 1. The highest BCUT2D eigenvalue weighted by Gasteiger charge is 2.13. The molecule has 1 aromatic heterocycles. The summed E-state index contributed by atoms with van der Waals surface area (Å²) in [5.41, 5.74) is 0.782. The van der Waals surface area contributed by atoms with E-state index in [1.807, 2.05) is 23.6 Å². The zero-order chi connectivity index (χ0) is 14.7. The van der Waals surface area contributed by atoms with E-state index in [2.05, 4.69) is 35.1 Å². The van der Waals surface area contributed by atoms with Gasteiger partial charge in [0.1, 0.15) is 4.88 Å². The second-order valence-corrected chi connectivity index (χ2v) is 6.16. The summed E-state index contributed by atoms with van der Waals surface area (Å²) >= 11 is 2.85. The summed E-state index contributed by atoms with van der Waals surface area (Å²) in [6.45, 7) is 0. The van der Waals surface area contributed by atoms with E-state index in [1.54, 1.807) is 0 Å². The Labute approximate surface area is 131 Å². The van der Waals surface area contributed by atoms with E-state index in [0.717, 1.165) is 10.6 Å². The summed E-state index contributed by atoms with van der Waals surface area (Å²) in [7, 11) is 1.39. The fourth-order valence-electron chi connectivity index (χ4n) is 1.99. The van der Waals surface area contributed by atoms with E-state index in [9.17, 15) is 4.79 Å². The number of rotatable bonds is 4. The van der Waals surface area contributed by atoms with E-state index < -0.39 is 0 Å². The molecular formula is C16H13NO2S2. The zero-order valence-corrected chi connectivity index (χ0v) is 13.0. The topological polar surface area (TPSA) is 38.3 Å². The number of anilines is 1. The Morgan fingerprint density at radius 2 is 1.95 bits per heavy atom. The molecule has 0 saturated heterocycles. The number of fused-ring (bicyclic) bond motifs is 1. The van der Waals surface area contributed by atoms with Crippen molar-refractivity contribution < 1.29 is 9.53 Å². The number of nitrogens with one attached hydrogen (secondary N) is 1. The van der Waals surface area contributed by atoms with E-state index in [4.69, 9.17) is 4.74 Å². The minimum absolute atomic E-state index is 0.313. The van der Waals surface area contributed by atoms with Gasteiger partial charge in [0.05, 0.1) is 12.8 Å². The first kappa shape index (κ1) is 14.0. The molecule has 1 N–H and O–H groups in total. The number of thiophene rings is 1. The molecule has 0 fully saturated rings. The third-order valence-electron chi connectivity index (χ3n) is 3.04. The minimum Gasteiger partial charge on any atom is -0.465 e. The third-order valence-corrected chi connectivity index (χ3v) is 4.74. The molecule has 3 aromatic rings. The fourth-order valence-corrected chi connectivity index (χ4v) is 3.54. The van der Waals surface area contributed by atoms with Gasteiger partial charge in [-0.1, -0.05) is 30.3 Å². The Morgan fingerprint density at radius 3 is 2.76 bits per heavy atom. The number of hydrogen-bond acceptors (Lipinski definition) is 5. The summed E-state index contributed by atoms with van der Waals surface area (Å²) in [5, 5.41) is 4.28. The van der Waals surface area contributed by atoms with Crippen molar-refractivity contribution in [3.05, 3.63) is 58.8 Å². The highest BCUT2D eigenvalue weighted by molar-refractivity contribution is 8.00. The van der Waals surface area contributed by atoms with Crippen LogP contribution < -0.4 is 4.72 Å². The van der Waals surface area contributed by atoms with Crippen molar-refractivity contribution in [1.82, 2.24) is 0 Å². The quantitative estimate of drug-likeness (QED) is 0.554. The second-order valence-electron chi connectivity index (χ2n) is 4.37. The number of methoxy groups -OCH3 is 1. The Balaban J connectivity index is 1.77. The summed E-state index contributed by atoms with van der Waals surface area (Å²) in [5.74, 6) is -0.313. The van der Waals surface area contributed by atoms with Crippen molar-refractivity contribution in [1.29, 1.82) is 0 Å². The normalized spacial score (nSPS) is 10.5. The molecule has 5 heteroatoms. The number of hydrogen-bond donors (Lipinski definition) is 1. The van der Waals surface area contributed by atoms with Crippen LogP contribution in [0.4, 0.5) is 5.69 Å². The van der Waals surface area contributed by atoms with Gasteiger partial charge in [0.2, 0.25) is 0 Å². The molecule has 1 heterocycles. The Bertz CT molecular complexity index is 783. The highest BCUT2D eigenvalue weighted by Crippen LogP contribution is 2.29. The molecular weight excluding hydrogens is 302 g/mol. The predicted octanol–water partition coefficient (Wildman–Crippen LogP) is 4.81. The molecule has 0 unspecified atom stereocenters. The van der Waals surface area contributed by atoms with Crippen LogP contribution in [0.2, 0.25) is 0 Å². The number of carbonyl (C=O) groups is 1. The van der Waals surface area contributed by atoms with Crippen LogP contribution in [0.5, 0.6) is 0 Å². The number of esters is 1. The van der Waals surface area contributed by atoms with Crippen molar-refractivity contribution in [3.8, 4) is 0 Å². The summed E-state index contributed by atoms with van der Waals surface area (Å²) < 4.78 is 7.98. The maximum absolute atomic E-state index is 11.6. The Kier molecular flexibility index (Phi) is 4.13. The molecule has 0 aliphatic heterocycles. The second kappa shape index (κ2) is 6.20. The predicted molar refractivity (Wildman–Crippen MR) is 89.1 cm³/mol. The van der Waals surface area contributed by atoms with Gasteiger partial charge in [-0.3, -0.25) is 0 Å². The van der Waals surface area contributed by atoms with Gasteiger partial charge in [-0.25, -0.2) is 4.79 Å². The number of benzene rings is 2. The van der Waals surface area contributed by atoms with Crippen LogP contribution >= 0.6 is 23.3 Å². The molecule has 0 aliphatic rings. The van der Waals surface area contributed by atoms with Crippen LogP contribution in [-0.2, 0) is 4.74 Å². The minimum atomic E-state index is -0.313. The molecule has 0 aliphatic carbocycles. The molecule has 3 nitrogen and oxygen atoms in total. The summed E-state index contributed by atoms with van der Waals surface area (Å²) in [6, 6.07) is 16.4. The van der Waals surface area contributed by atoms with Crippen LogP contribution in [0, 0.1) is 0 Å². The summed E-state index contributed by atoms with van der Waals surface area (Å²) in [6.07, 6.45) is 0. The summed E-state index contributed by atoms with van der Waals surface area (Å²) in [4.78, 5) is 13.3. The van der Waals surface area contributed by atoms with Gasteiger partial charge in [0.25, 0.3) is 0 Å². The van der Waals surface area contributed by atoms with E-state index in [0.29, 0.717) is 4.88 Å². The first-order chi connectivity index (χ1) is 10.3. The number of carbonyl (C=O) groups excluding carboxylic acids is 1. The first-order valence-corrected chi connectivity index (χ1v) is 8.05. The molecule has 0 radical (unpaired) electrons. The van der Waals surface area contributed by atoms with Crippen molar-refractivity contribution in [3.63, 3.8) is 0 Å². The maximum atomic E-state index is 11.6. The SMILES string of the molecule is COC(=O)c1sccc1NSc1ccc2ccccc2c1. The van der Waals surface area contributed by atoms with Crippen molar-refractivity contribution in [2.45, 2.75) is 4.90 Å². The van der Waals surface area contributed by atoms with Crippen molar-refractivity contribution >= 4 is 45.7 Å². The van der Waals surface area contributed by atoms with Gasteiger partial charge in [-0.05, 0) is 46.3 Å². The van der Waals surface area contributed by atoms with Crippen molar-refractivity contribution in [2.75, 3.05) is 11.8 Å². The van der Waals surface area contributed by atoms with Gasteiger partial charge in [-0.15, -0.1) is 11.3 Å². The van der Waals surface area contributed by atoms with Crippen LogP contribution in [-0.4, -0.2) is 13.1 Å². The van der Waals surface area contributed by atoms with E-state index in [1.165, 1.54) is 41.2 Å². The lowest BCUT2D eigenvalue weighted by Crippen LogP contribution is -2.01. The van der Waals surface area contributed by atoms with Gasteiger partial charge < -0.3 is 9.46 Å². The molecule has 0 atom stereocenters. The van der Waals surface area contributed by atoms with Gasteiger partial charge >= 0.3 is 5.97 Å². The molecule has 0 saturated carbocycles. The average Bonchev–Trinajstić information content (AvgIpc) is 3.00. The Morgan fingerprint density at radius 1 is 1.14 bits per heavy atom. The smallest absolute Gasteiger partial charge is 0.350 e. The highest BCUT2D eigenvalue weighted by atomic mass is 32.2. The largest absolute Gasteiger partial charge is 0.465 e. The lowest BCUT2D eigenvalue weighted by atomic mass is 10.1. The molecule has 0 bridgehead atoms. The Hall–Kier alpha value is -1.98. The van der Waals surface area contributed by atoms with E-state index in [-0.39, 0.29) is 5.97 Å². The van der Waals surface area contributed by atoms with Crippen LogP contribution in [0.1, 0.15) is 9.67 Å². The standard InChI is InChI=1S/C16H13NO2S2/c1-19-16(18)15-14(8-9-20-15)17-21-13-7-6-11-4-2-3-5-12(11)10-13/h2-10,17H,1H3. The molecule has 0 amide bonds. The molecule has 21 heavy (non-hydrogen) atoms. The van der Waals surface area contributed by atoms with Crippen LogP contribution in [0.3, 0.4) is 0 Å². The lowest BCUT2D eigenvalue weighted by molar-refractivity contribution is 0.0607.